The third-order valence-corrected chi connectivity index (χ3v) is 4.81. The molecular formula is C17H32BN5O7. The highest BCUT2D eigenvalue weighted by Crippen LogP contribution is 2.21. The Labute approximate surface area is 175 Å². The van der Waals surface area contributed by atoms with Crippen LogP contribution >= 0.6 is 0 Å². The van der Waals surface area contributed by atoms with Crippen molar-refractivity contribution in [1.29, 1.82) is 0 Å². The van der Waals surface area contributed by atoms with E-state index in [9.17, 15) is 29.8 Å². The normalized spacial score (nSPS) is 18.7. The van der Waals surface area contributed by atoms with Crippen molar-refractivity contribution in [1.82, 2.24) is 10.7 Å². The Hall–Kier alpha value is -2.25. The van der Waals surface area contributed by atoms with E-state index in [0.717, 1.165) is 0 Å². The molecule has 1 saturated heterocycles. The number of ether oxygens (including phenoxy) is 1. The van der Waals surface area contributed by atoms with Crippen molar-refractivity contribution < 1.29 is 29.4 Å². The van der Waals surface area contributed by atoms with Gasteiger partial charge in [0.2, 0.25) is 5.91 Å². The minimum atomic E-state index is -1.71. The number of ketones is 1. The summed E-state index contributed by atoms with van der Waals surface area (Å²) in [6.07, 6.45) is 1.64. The largest absolute Gasteiger partial charge is 0.475 e. The van der Waals surface area contributed by atoms with Crippen LogP contribution in [0.25, 0.3) is 0 Å². The van der Waals surface area contributed by atoms with Gasteiger partial charge < -0.3 is 25.8 Å². The molecular weight excluding hydrogens is 397 g/mol. The lowest BCUT2D eigenvalue weighted by atomic mass is 9.74. The van der Waals surface area contributed by atoms with Crippen LogP contribution in [0.3, 0.4) is 0 Å². The number of guanidine groups is 1. The molecule has 0 spiro atoms. The summed E-state index contributed by atoms with van der Waals surface area (Å²) in [5.74, 6) is -2.51. The fourth-order valence-electron chi connectivity index (χ4n) is 3.25. The quantitative estimate of drug-likeness (QED) is 0.0612. The molecule has 1 fully saturated rings. The highest BCUT2D eigenvalue weighted by Gasteiger charge is 2.32. The minimum Gasteiger partial charge on any atom is -0.426 e. The number of nitro groups is 1. The van der Waals surface area contributed by atoms with Gasteiger partial charge in [0, 0.05) is 31.4 Å². The summed E-state index contributed by atoms with van der Waals surface area (Å²) in [5.41, 5.74) is 7.08. The monoisotopic (exact) mass is 429 g/mol. The second-order valence-corrected chi connectivity index (χ2v) is 7.86. The van der Waals surface area contributed by atoms with Crippen LogP contribution in [0, 0.1) is 27.9 Å². The van der Waals surface area contributed by atoms with Crippen LogP contribution in [0.2, 0.25) is 0 Å². The van der Waals surface area contributed by atoms with Crippen molar-refractivity contribution in [2.24, 2.45) is 28.5 Å². The van der Waals surface area contributed by atoms with Gasteiger partial charge in [-0.05, 0) is 31.6 Å². The number of rotatable bonds is 13. The molecule has 0 aromatic rings. The molecule has 1 rings (SSSR count). The van der Waals surface area contributed by atoms with Gasteiger partial charge in [-0.15, -0.1) is 0 Å². The van der Waals surface area contributed by atoms with Crippen LogP contribution in [0.15, 0.2) is 4.99 Å². The average Bonchev–Trinajstić information content (AvgIpc) is 3.17. The Bertz CT molecular complexity index is 611. The van der Waals surface area contributed by atoms with Crippen molar-refractivity contribution >= 4 is 24.8 Å². The Kier molecular flexibility index (Phi) is 11.3. The zero-order chi connectivity index (χ0) is 22.7. The third kappa shape index (κ3) is 9.99. The van der Waals surface area contributed by atoms with E-state index < -0.39 is 29.9 Å². The second kappa shape index (κ2) is 13.1. The predicted molar refractivity (Wildman–Crippen MR) is 109 cm³/mol. The molecule has 12 nitrogen and oxygen atoms in total. The standard InChI is InChI=1S/C17H32BN5O7/c1-11(2)8-15(18(26)27)21-16(25)12(9-14(24)13-5-7-30-10-13)4-3-6-20-17(19)22-23(28)29/h11-13,15,26-27H,3-10H2,1-2H3,(H,21,25)(H3,19,20,22)/t12-,13?,15+/m1/s1. The van der Waals surface area contributed by atoms with E-state index in [0.29, 0.717) is 32.5 Å². The van der Waals surface area contributed by atoms with Crippen molar-refractivity contribution in [3.63, 3.8) is 0 Å². The predicted octanol–water partition coefficient (Wildman–Crippen LogP) is -0.983. The molecule has 6 N–H and O–H groups in total. The van der Waals surface area contributed by atoms with Crippen LogP contribution in [-0.2, 0) is 14.3 Å². The first-order valence-corrected chi connectivity index (χ1v) is 10.1. The number of carbonyl (C=O) groups is 2. The van der Waals surface area contributed by atoms with Gasteiger partial charge in [-0.1, -0.05) is 19.3 Å². The van der Waals surface area contributed by atoms with Gasteiger partial charge >= 0.3 is 7.12 Å². The van der Waals surface area contributed by atoms with Crippen LogP contribution in [-0.4, -0.2) is 65.5 Å². The van der Waals surface area contributed by atoms with Gasteiger partial charge in [0.1, 0.15) is 5.78 Å². The van der Waals surface area contributed by atoms with E-state index in [4.69, 9.17) is 10.5 Å². The smallest absolute Gasteiger partial charge is 0.426 e. The van der Waals surface area contributed by atoms with Gasteiger partial charge in [-0.25, -0.2) is 15.1 Å². The third-order valence-electron chi connectivity index (χ3n) is 4.81. The lowest BCUT2D eigenvalue weighted by molar-refractivity contribution is -0.525. The minimum absolute atomic E-state index is 0.00211. The molecule has 0 saturated carbocycles. The molecule has 0 aromatic heterocycles. The van der Waals surface area contributed by atoms with Crippen molar-refractivity contribution in [3.05, 3.63) is 10.1 Å². The van der Waals surface area contributed by atoms with E-state index >= 15 is 0 Å². The summed E-state index contributed by atoms with van der Waals surface area (Å²) in [6.45, 7) is 4.77. The summed E-state index contributed by atoms with van der Waals surface area (Å²) in [6, 6.07) is 0. The zero-order valence-electron chi connectivity index (χ0n) is 17.5. The first kappa shape index (κ1) is 25.8. The van der Waals surface area contributed by atoms with Gasteiger partial charge in [-0.3, -0.25) is 9.59 Å². The number of carbonyl (C=O) groups excluding carboxylic acids is 2. The Morgan fingerprint density at radius 2 is 2.10 bits per heavy atom. The van der Waals surface area contributed by atoms with Crippen molar-refractivity contribution in [2.75, 3.05) is 19.8 Å². The highest BCUT2D eigenvalue weighted by atomic mass is 16.7. The Morgan fingerprint density at radius 1 is 1.40 bits per heavy atom. The van der Waals surface area contributed by atoms with Crippen molar-refractivity contribution in [3.8, 4) is 0 Å². The summed E-state index contributed by atoms with van der Waals surface area (Å²) >= 11 is 0. The molecule has 170 valence electrons. The molecule has 0 radical (unpaired) electrons. The molecule has 1 aliphatic rings. The average molecular weight is 429 g/mol. The maximum atomic E-state index is 12.8. The molecule has 0 aliphatic carbocycles. The first-order chi connectivity index (χ1) is 14.1. The summed E-state index contributed by atoms with van der Waals surface area (Å²) in [7, 11) is -1.71. The van der Waals surface area contributed by atoms with Crippen LogP contribution in [0.1, 0.15) is 46.0 Å². The molecule has 1 amide bonds. The van der Waals surface area contributed by atoms with Gasteiger partial charge in [0.15, 0.2) is 5.03 Å². The Balaban J connectivity index is 2.73. The van der Waals surface area contributed by atoms with Crippen LogP contribution in [0.5, 0.6) is 0 Å². The molecule has 13 heteroatoms. The number of aliphatic imine (C=N–C) groups is 1. The highest BCUT2D eigenvalue weighted by molar-refractivity contribution is 6.43. The number of nitrogens with one attached hydrogen (secondary N) is 2. The topological polar surface area (TPSA) is 189 Å². The maximum absolute atomic E-state index is 12.8. The number of hydrazine groups is 1. The van der Waals surface area contributed by atoms with E-state index in [1.807, 2.05) is 13.8 Å². The molecule has 0 aromatic carbocycles. The summed E-state index contributed by atoms with van der Waals surface area (Å²) in [5, 5.41) is 31.2. The van der Waals surface area contributed by atoms with Crippen LogP contribution < -0.4 is 16.5 Å². The molecule has 1 unspecified atom stereocenters. The van der Waals surface area contributed by atoms with E-state index in [2.05, 4.69) is 10.3 Å². The summed E-state index contributed by atoms with van der Waals surface area (Å²) < 4.78 is 5.24. The molecule has 0 bridgehead atoms. The zero-order valence-corrected chi connectivity index (χ0v) is 17.5. The lowest BCUT2D eigenvalue weighted by Gasteiger charge is -2.23. The SMILES string of the molecule is CC(C)C[C@H](NC(=O)[C@H](CCCN=C(N)N[N+](=O)[O-])CC(=O)C1CCOC1)B(O)O. The van der Waals surface area contributed by atoms with Gasteiger partial charge in [0.25, 0.3) is 5.96 Å². The number of hydrogen-bond donors (Lipinski definition) is 5. The van der Waals surface area contributed by atoms with E-state index in [1.165, 1.54) is 0 Å². The van der Waals surface area contributed by atoms with Gasteiger partial charge in [-0.2, -0.15) is 0 Å². The van der Waals surface area contributed by atoms with E-state index in [1.54, 1.807) is 5.43 Å². The molecule has 1 aliphatic heterocycles. The summed E-state index contributed by atoms with van der Waals surface area (Å²) in [4.78, 5) is 39.4. The fraction of sp³-hybridized carbons (Fsp3) is 0.824. The first-order valence-electron chi connectivity index (χ1n) is 10.1. The number of amides is 1. The van der Waals surface area contributed by atoms with Crippen LogP contribution in [0.4, 0.5) is 0 Å². The maximum Gasteiger partial charge on any atom is 0.475 e. The molecule has 3 atom stereocenters. The molecule has 1 heterocycles. The second-order valence-electron chi connectivity index (χ2n) is 7.86. The number of hydrogen-bond acceptors (Lipinski definition) is 8. The number of nitrogens with zero attached hydrogens (tertiary/aromatic N) is 2. The van der Waals surface area contributed by atoms with Crippen molar-refractivity contribution in [2.45, 2.75) is 51.9 Å². The Morgan fingerprint density at radius 3 is 2.63 bits per heavy atom. The lowest BCUT2D eigenvalue weighted by Crippen LogP contribution is -2.49. The molecule has 30 heavy (non-hydrogen) atoms. The van der Waals surface area contributed by atoms with Gasteiger partial charge in [0.05, 0.1) is 12.5 Å². The fourth-order valence-corrected chi connectivity index (χ4v) is 3.25. The van der Waals surface area contributed by atoms with E-state index in [-0.39, 0.29) is 43.0 Å². The number of Topliss-reactive ketones (excluding diaryl/α,β-unsaturated/α-hetero) is 1. The number of nitrogens with two attached hydrogens (primary N) is 1.